The van der Waals surface area contributed by atoms with E-state index in [1.54, 1.807) is 0 Å². The van der Waals surface area contributed by atoms with E-state index >= 15 is 0 Å². The molecule has 10 heteroatoms. The lowest BCUT2D eigenvalue weighted by atomic mass is 10.3. The van der Waals surface area contributed by atoms with Crippen molar-refractivity contribution in [3.05, 3.63) is 28.6 Å². The molecular formula is C13H10F3NO4S2. The van der Waals surface area contributed by atoms with Gasteiger partial charge in [0, 0.05) is 19.0 Å². The van der Waals surface area contributed by atoms with Crippen LogP contribution in [0.4, 0.5) is 13.2 Å². The molecule has 2 heterocycles. The Morgan fingerprint density at radius 3 is 2.70 bits per heavy atom. The van der Waals surface area contributed by atoms with Gasteiger partial charge in [0.15, 0.2) is 0 Å². The summed E-state index contributed by atoms with van der Waals surface area (Å²) in [5.74, 6) is -2.72. The van der Waals surface area contributed by atoms with E-state index in [0.717, 1.165) is 23.9 Å². The topological polar surface area (TPSA) is 70.8 Å². The molecule has 0 spiro atoms. The second-order valence-electron chi connectivity index (χ2n) is 4.53. The zero-order valence-corrected chi connectivity index (χ0v) is 13.1. The minimum Gasteiger partial charge on any atom is -0.481 e. The van der Waals surface area contributed by atoms with Crippen LogP contribution in [0.3, 0.4) is 0 Å². The number of thiocarbonyl (C=S) groups is 1. The van der Waals surface area contributed by atoms with Crippen molar-refractivity contribution in [1.29, 1.82) is 0 Å². The van der Waals surface area contributed by atoms with Crippen molar-refractivity contribution in [2.75, 3.05) is 6.54 Å². The molecule has 1 saturated heterocycles. The van der Waals surface area contributed by atoms with Crippen LogP contribution in [0.1, 0.15) is 24.4 Å². The average Bonchev–Trinajstić information content (AvgIpc) is 2.99. The van der Waals surface area contributed by atoms with E-state index in [2.05, 4.69) is 4.42 Å². The molecule has 1 N–H and O–H groups in total. The van der Waals surface area contributed by atoms with Crippen LogP contribution in [-0.4, -0.2) is 32.7 Å². The monoisotopic (exact) mass is 365 g/mol. The number of carboxylic acids is 1. The molecule has 1 aliphatic rings. The van der Waals surface area contributed by atoms with Gasteiger partial charge in [0.25, 0.3) is 5.91 Å². The average molecular weight is 365 g/mol. The number of rotatable bonds is 5. The molecule has 0 unspecified atom stereocenters. The van der Waals surface area contributed by atoms with Crippen molar-refractivity contribution < 1.29 is 32.3 Å². The summed E-state index contributed by atoms with van der Waals surface area (Å²) in [7, 11) is 0. The first-order valence-electron chi connectivity index (χ1n) is 6.32. The third-order valence-electron chi connectivity index (χ3n) is 2.83. The van der Waals surface area contributed by atoms with Crippen molar-refractivity contribution in [1.82, 2.24) is 4.90 Å². The molecule has 1 fully saturated rings. The predicted molar refractivity (Wildman–Crippen MR) is 80.5 cm³/mol. The molecule has 1 amide bonds. The van der Waals surface area contributed by atoms with Gasteiger partial charge in [-0.05, 0) is 18.6 Å². The van der Waals surface area contributed by atoms with Crippen molar-refractivity contribution in [2.24, 2.45) is 0 Å². The van der Waals surface area contributed by atoms with Crippen LogP contribution >= 0.6 is 24.0 Å². The molecule has 0 aromatic carbocycles. The zero-order valence-electron chi connectivity index (χ0n) is 11.4. The third-order valence-corrected chi connectivity index (χ3v) is 4.20. The van der Waals surface area contributed by atoms with Gasteiger partial charge in [0.2, 0.25) is 5.76 Å². The number of hydrogen-bond acceptors (Lipinski definition) is 5. The highest BCUT2D eigenvalue weighted by Gasteiger charge is 2.35. The molecule has 0 radical (unpaired) electrons. The van der Waals surface area contributed by atoms with Crippen LogP contribution in [-0.2, 0) is 15.8 Å². The molecule has 2 rings (SSSR count). The minimum absolute atomic E-state index is 0.108. The van der Waals surface area contributed by atoms with Gasteiger partial charge in [-0.15, -0.1) is 0 Å². The van der Waals surface area contributed by atoms with Crippen LogP contribution in [0, 0.1) is 0 Å². The fraction of sp³-hybridized carbons (Fsp3) is 0.308. The Morgan fingerprint density at radius 1 is 1.43 bits per heavy atom. The summed E-state index contributed by atoms with van der Waals surface area (Å²) >= 11 is 5.96. The normalized spacial score (nSPS) is 17.3. The van der Waals surface area contributed by atoms with E-state index < -0.39 is 23.8 Å². The Balaban J connectivity index is 2.09. The fourth-order valence-corrected chi connectivity index (χ4v) is 3.08. The van der Waals surface area contributed by atoms with Gasteiger partial charge in [-0.1, -0.05) is 24.0 Å². The lowest BCUT2D eigenvalue weighted by Crippen LogP contribution is -2.29. The second kappa shape index (κ2) is 6.75. The number of halogens is 3. The molecule has 0 saturated carbocycles. The summed E-state index contributed by atoms with van der Waals surface area (Å²) in [5, 5.41) is 8.58. The number of carboxylic acid groups (broad SMARTS) is 1. The molecule has 1 aromatic heterocycles. The maximum absolute atomic E-state index is 12.5. The number of carbonyl (C=O) groups is 2. The molecule has 1 aliphatic heterocycles. The minimum atomic E-state index is -4.60. The highest BCUT2D eigenvalue weighted by atomic mass is 32.2. The largest absolute Gasteiger partial charge is 0.481 e. The predicted octanol–water partition coefficient (Wildman–Crippen LogP) is 3.36. The number of aliphatic carboxylic acids is 1. The number of nitrogens with zero attached hydrogens (tertiary/aromatic N) is 1. The molecule has 0 atom stereocenters. The van der Waals surface area contributed by atoms with Crippen molar-refractivity contribution in [3.8, 4) is 0 Å². The Bertz CT molecular complexity index is 681. The van der Waals surface area contributed by atoms with Gasteiger partial charge >= 0.3 is 12.1 Å². The fourth-order valence-electron chi connectivity index (χ4n) is 1.79. The van der Waals surface area contributed by atoms with E-state index in [1.807, 2.05) is 0 Å². The summed E-state index contributed by atoms with van der Waals surface area (Å²) in [6, 6.07) is 1.89. The van der Waals surface area contributed by atoms with Crippen LogP contribution in [0.15, 0.2) is 21.5 Å². The molecule has 0 aliphatic carbocycles. The molecule has 0 bridgehead atoms. The summed E-state index contributed by atoms with van der Waals surface area (Å²) in [4.78, 5) is 24.0. The Kier molecular flexibility index (Phi) is 5.15. The maximum Gasteiger partial charge on any atom is 0.449 e. The SMILES string of the molecule is O=C(O)CCCN1C(=O)C(=Cc2ccc(C(F)(F)F)o2)SC1=S. The first-order valence-corrected chi connectivity index (χ1v) is 7.55. The standard InChI is InChI=1S/C13H10F3NO4S2/c14-13(15,16)9-4-3-7(21-9)6-8-11(20)17(12(22)23-8)5-1-2-10(18)19/h3-4,6H,1-2,5H2,(H,18,19). The number of carbonyl (C=O) groups excluding carboxylic acids is 1. The van der Waals surface area contributed by atoms with Crippen molar-refractivity contribution >= 4 is 46.3 Å². The number of thioether (sulfide) groups is 1. The lowest BCUT2D eigenvalue weighted by Gasteiger charge is -2.13. The number of alkyl halides is 3. The highest BCUT2D eigenvalue weighted by Crippen LogP contribution is 2.35. The van der Waals surface area contributed by atoms with Gasteiger partial charge in [0.05, 0.1) is 4.91 Å². The number of hydrogen-bond donors (Lipinski definition) is 1. The lowest BCUT2D eigenvalue weighted by molar-refractivity contribution is -0.153. The van der Waals surface area contributed by atoms with Crippen LogP contribution < -0.4 is 0 Å². The second-order valence-corrected chi connectivity index (χ2v) is 6.21. The Labute approximate surface area is 138 Å². The molecule has 1 aromatic rings. The Morgan fingerprint density at radius 2 is 2.13 bits per heavy atom. The van der Waals surface area contributed by atoms with Gasteiger partial charge in [-0.2, -0.15) is 13.2 Å². The van der Waals surface area contributed by atoms with Gasteiger partial charge in [0.1, 0.15) is 10.1 Å². The van der Waals surface area contributed by atoms with E-state index in [0.29, 0.717) is 0 Å². The molecule has 23 heavy (non-hydrogen) atoms. The highest BCUT2D eigenvalue weighted by molar-refractivity contribution is 8.26. The molecule has 124 valence electrons. The number of amides is 1. The van der Waals surface area contributed by atoms with Crippen molar-refractivity contribution in [2.45, 2.75) is 19.0 Å². The van der Waals surface area contributed by atoms with E-state index in [4.69, 9.17) is 17.3 Å². The van der Waals surface area contributed by atoms with E-state index in [9.17, 15) is 22.8 Å². The van der Waals surface area contributed by atoms with Crippen LogP contribution in [0.25, 0.3) is 6.08 Å². The summed E-state index contributed by atoms with van der Waals surface area (Å²) < 4.78 is 42.2. The molecule has 5 nitrogen and oxygen atoms in total. The van der Waals surface area contributed by atoms with Gasteiger partial charge in [-0.3, -0.25) is 14.5 Å². The van der Waals surface area contributed by atoms with Gasteiger partial charge in [-0.25, -0.2) is 0 Å². The summed E-state index contributed by atoms with van der Waals surface area (Å²) in [6.07, 6.45) is -3.29. The Hall–Kier alpha value is -1.81. The molecular weight excluding hydrogens is 355 g/mol. The zero-order chi connectivity index (χ0) is 17.2. The van der Waals surface area contributed by atoms with Crippen LogP contribution in [0.2, 0.25) is 0 Å². The maximum atomic E-state index is 12.5. The van der Waals surface area contributed by atoms with Crippen LogP contribution in [0.5, 0.6) is 0 Å². The smallest absolute Gasteiger partial charge is 0.449 e. The number of furan rings is 1. The first kappa shape index (κ1) is 17.5. The first-order chi connectivity index (χ1) is 10.7. The van der Waals surface area contributed by atoms with E-state index in [-0.39, 0.29) is 34.4 Å². The van der Waals surface area contributed by atoms with Crippen molar-refractivity contribution in [3.63, 3.8) is 0 Å². The summed E-state index contributed by atoms with van der Waals surface area (Å²) in [6.45, 7) is 0.139. The van der Waals surface area contributed by atoms with E-state index in [1.165, 1.54) is 11.0 Å². The quantitative estimate of drug-likeness (QED) is 0.637. The summed E-state index contributed by atoms with van der Waals surface area (Å²) in [5.41, 5.74) is 0. The van der Waals surface area contributed by atoms with Gasteiger partial charge < -0.3 is 9.52 Å². The third kappa shape index (κ3) is 4.35.